The van der Waals surface area contributed by atoms with E-state index in [1.54, 1.807) is 23.1 Å². The Labute approximate surface area is 116 Å². The lowest BCUT2D eigenvalue weighted by Crippen LogP contribution is -2.31. The SMILES string of the molecule is Cc1ncsc1CNC(=O)CSC1CCNCC1. The van der Waals surface area contributed by atoms with E-state index in [9.17, 15) is 4.79 Å². The summed E-state index contributed by atoms with van der Waals surface area (Å²) in [4.78, 5) is 17.0. The summed E-state index contributed by atoms with van der Waals surface area (Å²) >= 11 is 3.38. The molecule has 4 nitrogen and oxygen atoms in total. The van der Waals surface area contributed by atoms with Crippen molar-refractivity contribution in [2.75, 3.05) is 18.8 Å². The molecule has 2 N–H and O–H groups in total. The second-order valence-electron chi connectivity index (χ2n) is 4.40. The summed E-state index contributed by atoms with van der Waals surface area (Å²) < 4.78 is 0. The van der Waals surface area contributed by atoms with Crippen molar-refractivity contribution in [2.24, 2.45) is 0 Å². The Hall–Kier alpha value is -0.590. The van der Waals surface area contributed by atoms with Crippen LogP contribution in [0.3, 0.4) is 0 Å². The van der Waals surface area contributed by atoms with Crippen molar-refractivity contribution in [3.05, 3.63) is 16.1 Å². The fourth-order valence-electron chi connectivity index (χ4n) is 1.88. The molecule has 0 aliphatic carbocycles. The van der Waals surface area contributed by atoms with Crippen LogP contribution in [0.5, 0.6) is 0 Å². The number of aryl methyl sites for hydroxylation is 1. The summed E-state index contributed by atoms with van der Waals surface area (Å²) in [5, 5.41) is 6.93. The van der Waals surface area contributed by atoms with Crippen LogP contribution < -0.4 is 10.6 Å². The zero-order valence-corrected chi connectivity index (χ0v) is 12.2. The number of hydrogen-bond acceptors (Lipinski definition) is 5. The molecule has 1 aromatic heterocycles. The number of amides is 1. The highest BCUT2D eigenvalue weighted by Crippen LogP contribution is 2.19. The van der Waals surface area contributed by atoms with Crippen LogP contribution >= 0.6 is 23.1 Å². The topological polar surface area (TPSA) is 54.0 Å². The first kappa shape index (κ1) is 13.8. The summed E-state index contributed by atoms with van der Waals surface area (Å²) in [5.74, 6) is 0.703. The highest BCUT2D eigenvalue weighted by atomic mass is 32.2. The number of thiazole rings is 1. The number of thioether (sulfide) groups is 1. The lowest BCUT2D eigenvalue weighted by atomic mass is 10.2. The van der Waals surface area contributed by atoms with Crippen LogP contribution in [0.15, 0.2) is 5.51 Å². The Kier molecular flexibility index (Phi) is 5.46. The van der Waals surface area contributed by atoms with Crippen molar-refractivity contribution in [1.82, 2.24) is 15.6 Å². The van der Waals surface area contributed by atoms with E-state index in [1.807, 2.05) is 12.4 Å². The molecule has 0 spiro atoms. The van der Waals surface area contributed by atoms with E-state index in [0.717, 1.165) is 23.7 Å². The normalized spacial score (nSPS) is 16.7. The molecule has 1 amide bonds. The van der Waals surface area contributed by atoms with Gasteiger partial charge in [0.15, 0.2) is 0 Å². The molecular formula is C12H19N3OS2. The molecule has 1 aromatic rings. The van der Waals surface area contributed by atoms with Gasteiger partial charge in [-0.05, 0) is 32.9 Å². The average Bonchev–Trinajstić information content (AvgIpc) is 2.81. The van der Waals surface area contributed by atoms with E-state index < -0.39 is 0 Å². The molecule has 1 aliphatic heterocycles. The van der Waals surface area contributed by atoms with Gasteiger partial charge in [-0.15, -0.1) is 23.1 Å². The summed E-state index contributed by atoms with van der Waals surface area (Å²) in [6.07, 6.45) is 2.35. The monoisotopic (exact) mass is 285 g/mol. The molecule has 1 aliphatic rings. The number of aromatic nitrogens is 1. The van der Waals surface area contributed by atoms with Crippen molar-refractivity contribution < 1.29 is 4.79 Å². The minimum atomic E-state index is 0.131. The smallest absolute Gasteiger partial charge is 0.230 e. The molecular weight excluding hydrogens is 266 g/mol. The molecule has 1 fully saturated rings. The Morgan fingerprint density at radius 3 is 3.06 bits per heavy atom. The van der Waals surface area contributed by atoms with Gasteiger partial charge in [0.05, 0.1) is 23.5 Å². The van der Waals surface area contributed by atoms with Crippen LogP contribution in [0.1, 0.15) is 23.4 Å². The van der Waals surface area contributed by atoms with Crippen LogP contribution in [0, 0.1) is 6.92 Å². The van der Waals surface area contributed by atoms with Gasteiger partial charge in [0.1, 0.15) is 0 Å². The van der Waals surface area contributed by atoms with E-state index in [-0.39, 0.29) is 5.91 Å². The number of carbonyl (C=O) groups is 1. The van der Waals surface area contributed by atoms with Gasteiger partial charge >= 0.3 is 0 Å². The lowest BCUT2D eigenvalue weighted by Gasteiger charge is -2.21. The zero-order chi connectivity index (χ0) is 12.8. The third-order valence-corrected chi connectivity index (χ3v) is 5.33. The standard InChI is InChI=1S/C12H19N3OS2/c1-9-11(18-8-15-9)6-14-12(16)7-17-10-2-4-13-5-3-10/h8,10,13H,2-7H2,1H3,(H,14,16). The van der Waals surface area contributed by atoms with E-state index in [2.05, 4.69) is 15.6 Å². The van der Waals surface area contributed by atoms with Gasteiger partial charge < -0.3 is 10.6 Å². The van der Waals surface area contributed by atoms with Gasteiger partial charge in [-0.3, -0.25) is 4.79 Å². The number of nitrogens with one attached hydrogen (secondary N) is 2. The molecule has 0 aromatic carbocycles. The number of hydrogen-bond donors (Lipinski definition) is 2. The Bertz CT molecular complexity index is 388. The maximum absolute atomic E-state index is 11.7. The maximum Gasteiger partial charge on any atom is 0.230 e. The highest BCUT2D eigenvalue weighted by molar-refractivity contribution is 8.00. The number of nitrogens with zero attached hydrogens (tertiary/aromatic N) is 1. The third kappa shape index (κ3) is 4.26. The Balaban J connectivity index is 1.64. The molecule has 100 valence electrons. The van der Waals surface area contributed by atoms with Gasteiger partial charge in [0, 0.05) is 10.1 Å². The number of piperidine rings is 1. The first-order valence-corrected chi connectivity index (χ1v) is 8.16. The summed E-state index contributed by atoms with van der Waals surface area (Å²) in [7, 11) is 0. The molecule has 0 unspecified atom stereocenters. The summed E-state index contributed by atoms with van der Waals surface area (Å²) in [6.45, 7) is 4.75. The third-order valence-electron chi connectivity index (χ3n) is 3.03. The van der Waals surface area contributed by atoms with Crippen molar-refractivity contribution >= 4 is 29.0 Å². The molecule has 0 radical (unpaired) electrons. The lowest BCUT2D eigenvalue weighted by molar-refractivity contribution is -0.118. The first-order valence-electron chi connectivity index (χ1n) is 6.23. The van der Waals surface area contributed by atoms with Crippen molar-refractivity contribution in [1.29, 1.82) is 0 Å². The van der Waals surface area contributed by atoms with Gasteiger partial charge in [0.25, 0.3) is 0 Å². The number of rotatable bonds is 5. The molecule has 2 rings (SSSR count). The minimum Gasteiger partial charge on any atom is -0.350 e. The van der Waals surface area contributed by atoms with E-state index >= 15 is 0 Å². The second-order valence-corrected chi connectivity index (χ2v) is 6.63. The second kappa shape index (κ2) is 7.11. The molecule has 0 saturated carbocycles. The van der Waals surface area contributed by atoms with Gasteiger partial charge in [-0.2, -0.15) is 0 Å². The molecule has 1 saturated heterocycles. The predicted molar refractivity (Wildman–Crippen MR) is 77.0 cm³/mol. The average molecular weight is 285 g/mol. The van der Waals surface area contributed by atoms with Crippen molar-refractivity contribution in [3.8, 4) is 0 Å². The first-order chi connectivity index (χ1) is 8.75. The van der Waals surface area contributed by atoms with Crippen LogP contribution in [0.2, 0.25) is 0 Å². The Morgan fingerprint density at radius 2 is 2.39 bits per heavy atom. The van der Waals surface area contributed by atoms with Crippen LogP contribution in [-0.4, -0.2) is 35.0 Å². The summed E-state index contributed by atoms with van der Waals surface area (Å²) in [6, 6.07) is 0. The molecule has 0 atom stereocenters. The fraction of sp³-hybridized carbons (Fsp3) is 0.667. The van der Waals surface area contributed by atoms with Gasteiger partial charge in [-0.25, -0.2) is 4.98 Å². The van der Waals surface area contributed by atoms with Gasteiger partial charge in [-0.1, -0.05) is 0 Å². The molecule has 2 heterocycles. The van der Waals surface area contributed by atoms with Crippen LogP contribution in [-0.2, 0) is 11.3 Å². The molecule has 6 heteroatoms. The predicted octanol–water partition coefficient (Wildman–Crippen LogP) is 1.55. The fourth-order valence-corrected chi connectivity index (χ4v) is 3.66. The largest absolute Gasteiger partial charge is 0.350 e. The minimum absolute atomic E-state index is 0.131. The van der Waals surface area contributed by atoms with Crippen LogP contribution in [0.25, 0.3) is 0 Å². The zero-order valence-electron chi connectivity index (χ0n) is 10.6. The highest BCUT2D eigenvalue weighted by Gasteiger charge is 2.15. The molecule has 18 heavy (non-hydrogen) atoms. The van der Waals surface area contributed by atoms with Gasteiger partial charge in [0.2, 0.25) is 5.91 Å². The number of carbonyl (C=O) groups excluding carboxylic acids is 1. The van der Waals surface area contributed by atoms with Crippen molar-refractivity contribution in [3.63, 3.8) is 0 Å². The van der Waals surface area contributed by atoms with E-state index in [0.29, 0.717) is 17.5 Å². The van der Waals surface area contributed by atoms with E-state index in [1.165, 1.54) is 12.8 Å². The van der Waals surface area contributed by atoms with Crippen LogP contribution in [0.4, 0.5) is 0 Å². The maximum atomic E-state index is 11.7. The quantitative estimate of drug-likeness (QED) is 0.862. The van der Waals surface area contributed by atoms with Crippen molar-refractivity contribution in [2.45, 2.75) is 31.6 Å². The molecule has 0 bridgehead atoms. The summed E-state index contributed by atoms with van der Waals surface area (Å²) in [5.41, 5.74) is 2.84. The Morgan fingerprint density at radius 1 is 1.61 bits per heavy atom. The van der Waals surface area contributed by atoms with E-state index in [4.69, 9.17) is 0 Å².